The van der Waals surface area contributed by atoms with E-state index >= 15 is 0 Å². The van der Waals surface area contributed by atoms with E-state index in [1.807, 2.05) is 70.7 Å². The second-order valence-electron chi connectivity index (χ2n) is 7.76. The van der Waals surface area contributed by atoms with Crippen molar-refractivity contribution in [1.29, 1.82) is 0 Å². The van der Waals surface area contributed by atoms with Gasteiger partial charge in [0.25, 0.3) is 5.91 Å². The molecule has 1 amide bonds. The van der Waals surface area contributed by atoms with Gasteiger partial charge in [-0.25, -0.2) is 4.52 Å². The molecule has 0 spiro atoms. The summed E-state index contributed by atoms with van der Waals surface area (Å²) in [5.41, 5.74) is 4.40. The summed E-state index contributed by atoms with van der Waals surface area (Å²) in [6, 6.07) is 8.04. The molecule has 1 N–H and O–H groups in total. The summed E-state index contributed by atoms with van der Waals surface area (Å²) >= 11 is 7.23. The number of aryl methyl sites for hydroxylation is 2. The lowest BCUT2D eigenvalue weighted by Gasteiger charge is -2.38. The molecule has 1 aliphatic rings. The molecule has 0 radical (unpaired) electrons. The molecule has 0 saturated carbocycles. The number of halogens is 2. The maximum absolute atomic E-state index is 13.1. The number of amides is 1. The maximum Gasteiger partial charge on any atom is 0.257 e. The van der Waals surface area contributed by atoms with Gasteiger partial charge in [-0.15, -0.1) is 0 Å². The number of ether oxygens (including phenoxy) is 1. The molecule has 182 valence electrons. The third kappa shape index (κ3) is 4.50. The number of aromatic nitrogens is 3. The van der Waals surface area contributed by atoms with Gasteiger partial charge in [-0.1, -0.05) is 27.7 Å². The van der Waals surface area contributed by atoms with Crippen LogP contribution in [0.15, 0.2) is 39.5 Å². The second-order valence-corrected chi connectivity index (χ2v) is 9.30. The second kappa shape index (κ2) is 11.0. The molecule has 1 aliphatic heterocycles. The molecule has 1 fully saturated rings. The monoisotopic (exact) mass is 590 g/mol. The average Bonchev–Trinajstić information content (AvgIpc) is 3.28. The van der Waals surface area contributed by atoms with E-state index < -0.39 is 0 Å². The van der Waals surface area contributed by atoms with Crippen LogP contribution >= 0.6 is 31.9 Å². The van der Waals surface area contributed by atoms with Crippen molar-refractivity contribution in [3.05, 3.63) is 56.4 Å². The van der Waals surface area contributed by atoms with E-state index in [1.54, 1.807) is 10.7 Å². The van der Waals surface area contributed by atoms with Crippen LogP contribution in [0.1, 0.15) is 62.7 Å². The number of fused-ring (bicyclic) bond motifs is 2. The van der Waals surface area contributed by atoms with E-state index in [4.69, 9.17) is 4.74 Å². The van der Waals surface area contributed by atoms with Crippen LogP contribution < -0.4 is 4.74 Å². The first kappa shape index (κ1) is 26.3. The summed E-state index contributed by atoms with van der Waals surface area (Å²) in [5, 5.41) is 5.50. The Morgan fingerprint density at radius 2 is 1.85 bits per heavy atom. The molecule has 0 unspecified atom stereocenters. The zero-order valence-corrected chi connectivity index (χ0v) is 24.0. The molecule has 4 heterocycles. The van der Waals surface area contributed by atoms with E-state index in [-0.39, 0.29) is 11.9 Å². The van der Waals surface area contributed by atoms with Crippen LogP contribution in [0.2, 0.25) is 0 Å². The summed E-state index contributed by atoms with van der Waals surface area (Å²) in [6.45, 7) is 14.8. The lowest BCUT2D eigenvalue weighted by Crippen LogP contribution is -2.49. The van der Waals surface area contributed by atoms with E-state index in [0.717, 1.165) is 50.9 Å². The van der Waals surface area contributed by atoms with Crippen molar-refractivity contribution in [3.8, 4) is 11.5 Å². The Bertz CT molecular complexity index is 1330. The Morgan fingerprint density at radius 3 is 2.47 bits per heavy atom. The number of likely N-dealkylation sites (tertiary alicyclic amines) is 1. The highest BCUT2D eigenvalue weighted by Gasteiger charge is 2.33. The Hall–Kier alpha value is -2.32. The molecule has 6 nitrogen and oxygen atoms in total. The van der Waals surface area contributed by atoms with E-state index in [0.29, 0.717) is 15.9 Å². The third-order valence-corrected chi connectivity index (χ3v) is 7.63. The lowest BCUT2D eigenvalue weighted by atomic mass is 10.0. The van der Waals surface area contributed by atoms with Gasteiger partial charge in [0.2, 0.25) is 0 Å². The van der Waals surface area contributed by atoms with Crippen molar-refractivity contribution in [2.45, 2.75) is 60.9 Å². The van der Waals surface area contributed by atoms with Crippen molar-refractivity contribution >= 4 is 54.2 Å². The molecular formula is C26H32Br2N4O2. The number of carbonyl (C=O) groups excluding carboxylic acids is 1. The largest absolute Gasteiger partial charge is 0.455 e. The smallest absolute Gasteiger partial charge is 0.257 e. The van der Waals surface area contributed by atoms with Crippen LogP contribution in [0.5, 0.6) is 11.5 Å². The van der Waals surface area contributed by atoms with Gasteiger partial charge in [-0.2, -0.15) is 5.10 Å². The minimum absolute atomic E-state index is 0.0303. The minimum Gasteiger partial charge on any atom is -0.455 e. The quantitative estimate of drug-likeness (QED) is 0.262. The van der Waals surface area contributed by atoms with Crippen LogP contribution in [0.4, 0.5) is 0 Å². The molecule has 0 aliphatic carbocycles. The summed E-state index contributed by atoms with van der Waals surface area (Å²) in [7, 11) is 0. The molecule has 4 aromatic rings. The van der Waals surface area contributed by atoms with Crippen LogP contribution in [0, 0.1) is 13.8 Å². The van der Waals surface area contributed by atoms with E-state index in [1.165, 1.54) is 0 Å². The zero-order chi connectivity index (χ0) is 25.2. The number of benzene rings is 1. The van der Waals surface area contributed by atoms with E-state index in [9.17, 15) is 4.79 Å². The van der Waals surface area contributed by atoms with Crippen molar-refractivity contribution in [3.63, 3.8) is 0 Å². The number of H-pyrrole nitrogens is 1. The van der Waals surface area contributed by atoms with Gasteiger partial charge in [-0.05, 0) is 82.8 Å². The Labute approximate surface area is 217 Å². The SMILES string of the molecule is CC.CC.Cc1[nH]c2ccc(Oc3ccnn4c(Br)c(C(=O)N5CC[C@H]5C)c(C)c34)cc2c1Br. The van der Waals surface area contributed by atoms with Gasteiger partial charge in [0.15, 0.2) is 5.75 Å². The zero-order valence-electron chi connectivity index (χ0n) is 20.8. The van der Waals surface area contributed by atoms with Crippen LogP contribution in [0.3, 0.4) is 0 Å². The van der Waals surface area contributed by atoms with E-state index in [2.05, 4.69) is 48.9 Å². The molecule has 1 atom stereocenters. The lowest BCUT2D eigenvalue weighted by molar-refractivity contribution is 0.0500. The fourth-order valence-electron chi connectivity index (χ4n) is 4.04. The number of aromatic amines is 1. The predicted octanol–water partition coefficient (Wildman–Crippen LogP) is 8.04. The summed E-state index contributed by atoms with van der Waals surface area (Å²) in [6.07, 6.45) is 2.72. The number of nitrogens with one attached hydrogen (secondary N) is 1. The number of nitrogens with zero attached hydrogens (tertiary/aromatic N) is 3. The number of hydrogen-bond donors (Lipinski definition) is 1. The fraction of sp³-hybridized carbons (Fsp3) is 0.385. The third-order valence-electron chi connectivity index (χ3n) is 5.88. The molecule has 8 heteroatoms. The number of hydrogen-bond acceptors (Lipinski definition) is 3. The summed E-state index contributed by atoms with van der Waals surface area (Å²) in [4.78, 5) is 18.3. The van der Waals surface area contributed by atoms with Crippen molar-refractivity contribution in [2.75, 3.05) is 6.54 Å². The molecule has 1 aromatic carbocycles. The average molecular weight is 592 g/mol. The highest BCUT2D eigenvalue weighted by molar-refractivity contribution is 9.11. The Balaban J connectivity index is 0.000000771. The van der Waals surface area contributed by atoms with Gasteiger partial charge in [0, 0.05) is 39.7 Å². The first-order chi connectivity index (χ1) is 16.4. The first-order valence-electron chi connectivity index (χ1n) is 11.8. The maximum atomic E-state index is 13.1. The molecule has 34 heavy (non-hydrogen) atoms. The van der Waals surface area contributed by atoms with Gasteiger partial charge in [-0.3, -0.25) is 4.79 Å². The fourth-order valence-corrected chi connectivity index (χ4v) is 5.20. The number of carbonyl (C=O) groups is 1. The van der Waals surface area contributed by atoms with Crippen LogP contribution in [-0.2, 0) is 0 Å². The van der Waals surface area contributed by atoms with Crippen molar-refractivity contribution in [1.82, 2.24) is 19.5 Å². The van der Waals surface area contributed by atoms with Crippen LogP contribution in [-0.4, -0.2) is 38.0 Å². The van der Waals surface area contributed by atoms with Gasteiger partial charge in [0.05, 0.1) is 11.8 Å². The highest BCUT2D eigenvalue weighted by atomic mass is 79.9. The van der Waals surface area contributed by atoms with Crippen molar-refractivity contribution in [2.24, 2.45) is 0 Å². The standard InChI is InChI=1S/C22H20Br2N4O2.2C2H6/c1-11-7-9-27(11)22(29)18-12(2)20-17(6-8-25-28(20)21(18)24)30-14-4-5-16-15(10-14)19(23)13(3)26-16;2*1-2/h4-6,8,10-11,26H,7,9H2,1-3H3;2*1-2H3/t11-;;/m1../s1. The molecule has 3 aromatic heterocycles. The Kier molecular flexibility index (Phi) is 8.47. The van der Waals surface area contributed by atoms with Gasteiger partial charge >= 0.3 is 0 Å². The highest BCUT2D eigenvalue weighted by Crippen LogP contribution is 2.37. The summed E-state index contributed by atoms with van der Waals surface area (Å²) in [5.74, 6) is 1.40. The minimum atomic E-state index is 0.0303. The van der Waals surface area contributed by atoms with Crippen LogP contribution in [0.25, 0.3) is 16.4 Å². The molecule has 5 rings (SSSR count). The number of rotatable bonds is 3. The molecular weight excluding hydrogens is 560 g/mol. The predicted molar refractivity (Wildman–Crippen MR) is 146 cm³/mol. The Morgan fingerprint density at radius 1 is 1.15 bits per heavy atom. The van der Waals surface area contributed by atoms with Gasteiger partial charge in [0.1, 0.15) is 15.9 Å². The first-order valence-corrected chi connectivity index (χ1v) is 13.4. The normalized spacial score (nSPS) is 14.7. The van der Waals surface area contributed by atoms with Gasteiger partial charge < -0.3 is 14.6 Å². The molecule has 1 saturated heterocycles. The molecule has 0 bridgehead atoms. The topological polar surface area (TPSA) is 62.6 Å². The van der Waals surface area contributed by atoms with Crippen molar-refractivity contribution < 1.29 is 9.53 Å². The summed E-state index contributed by atoms with van der Waals surface area (Å²) < 4.78 is 9.69.